The molecule has 3 atom stereocenters. The van der Waals surface area contributed by atoms with Gasteiger partial charge < -0.3 is 5.73 Å². The minimum Gasteiger partial charge on any atom is -0.326 e. The van der Waals surface area contributed by atoms with Crippen molar-refractivity contribution < 1.29 is 8.42 Å². The van der Waals surface area contributed by atoms with Crippen molar-refractivity contribution in [1.29, 1.82) is 0 Å². The van der Waals surface area contributed by atoms with Gasteiger partial charge in [0.2, 0.25) is 0 Å². The summed E-state index contributed by atoms with van der Waals surface area (Å²) < 4.78 is 25.3. The molecule has 0 unspecified atom stereocenters. The molecule has 0 saturated heterocycles. The van der Waals surface area contributed by atoms with Crippen molar-refractivity contribution >= 4 is 33.0 Å². The Kier molecular flexibility index (Phi) is 3.74. The van der Waals surface area contributed by atoms with Crippen LogP contribution in [0.1, 0.15) is 11.5 Å². The lowest BCUT2D eigenvalue weighted by atomic mass is 10.1. The first-order chi connectivity index (χ1) is 9.91. The number of rotatable bonds is 3. The van der Waals surface area contributed by atoms with E-state index in [4.69, 9.17) is 28.9 Å². The molecule has 1 aliphatic carbocycles. The Bertz CT molecular complexity index is 775. The number of nitrogens with two attached hydrogens (primary N) is 1. The van der Waals surface area contributed by atoms with Gasteiger partial charge in [-0.3, -0.25) is 0 Å². The van der Waals surface area contributed by atoms with Crippen molar-refractivity contribution in [3.8, 4) is 0 Å². The third-order valence-corrected chi connectivity index (χ3v) is 6.48. The summed E-state index contributed by atoms with van der Waals surface area (Å²) in [5.74, 6) is -0.218. The average molecular weight is 342 g/mol. The standard InChI is InChI=1S/C15H13Cl2NO2S/c16-10-4-6-12(7-5-10)21(19,20)15-13(14(15)18)9-2-1-3-11(17)8-9/h1-8,13-15H,18H2/t13-,14-,15-/m0/s1. The van der Waals surface area contributed by atoms with Gasteiger partial charge in [0.25, 0.3) is 0 Å². The average Bonchev–Trinajstić information content (AvgIpc) is 3.12. The molecule has 0 spiro atoms. The van der Waals surface area contributed by atoms with Crippen LogP contribution in [0.5, 0.6) is 0 Å². The lowest BCUT2D eigenvalue weighted by molar-refractivity contribution is 0.593. The highest BCUT2D eigenvalue weighted by molar-refractivity contribution is 7.92. The van der Waals surface area contributed by atoms with Crippen molar-refractivity contribution in [3.63, 3.8) is 0 Å². The van der Waals surface area contributed by atoms with Crippen molar-refractivity contribution in [2.24, 2.45) is 5.73 Å². The Morgan fingerprint density at radius 3 is 2.24 bits per heavy atom. The lowest BCUT2D eigenvalue weighted by Gasteiger charge is -2.04. The van der Waals surface area contributed by atoms with Crippen LogP contribution in [0.4, 0.5) is 0 Å². The van der Waals surface area contributed by atoms with E-state index in [1.807, 2.05) is 6.07 Å². The molecule has 2 aromatic rings. The molecule has 1 saturated carbocycles. The van der Waals surface area contributed by atoms with Gasteiger partial charge in [-0.15, -0.1) is 0 Å². The lowest BCUT2D eigenvalue weighted by Crippen LogP contribution is -2.15. The van der Waals surface area contributed by atoms with Crippen molar-refractivity contribution in [1.82, 2.24) is 0 Å². The van der Waals surface area contributed by atoms with Crippen LogP contribution in [0.15, 0.2) is 53.4 Å². The van der Waals surface area contributed by atoms with Gasteiger partial charge >= 0.3 is 0 Å². The summed E-state index contributed by atoms with van der Waals surface area (Å²) in [6, 6.07) is 12.9. The van der Waals surface area contributed by atoms with Crippen LogP contribution in [0.3, 0.4) is 0 Å². The summed E-state index contributed by atoms with van der Waals surface area (Å²) in [6.07, 6.45) is 0. The van der Waals surface area contributed by atoms with E-state index < -0.39 is 21.1 Å². The molecular formula is C15H13Cl2NO2S. The predicted molar refractivity (Wildman–Crippen MR) is 84.6 cm³/mol. The second-order valence-corrected chi connectivity index (χ2v) is 8.10. The van der Waals surface area contributed by atoms with Crippen molar-refractivity contribution in [2.45, 2.75) is 22.1 Å². The van der Waals surface area contributed by atoms with Gasteiger partial charge in [0, 0.05) is 22.0 Å². The molecule has 0 bridgehead atoms. The first-order valence-corrected chi connectivity index (χ1v) is 8.72. The Hall–Kier alpha value is -1.07. The van der Waals surface area contributed by atoms with E-state index in [0.717, 1.165) is 5.56 Å². The van der Waals surface area contributed by atoms with E-state index in [-0.39, 0.29) is 10.8 Å². The molecule has 2 aromatic carbocycles. The maximum Gasteiger partial charge on any atom is 0.183 e. The van der Waals surface area contributed by atoms with Crippen LogP contribution < -0.4 is 5.73 Å². The number of hydrogen-bond donors (Lipinski definition) is 1. The van der Waals surface area contributed by atoms with Crippen LogP contribution >= 0.6 is 23.2 Å². The fraction of sp³-hybridized carbons (Fsp3) is 0.200. The van der Waals surface area contributed by atoms with E-state index in [0.29, 0.717) is 10.0 Å². The molecule has 0 amide bonds. The van der Waals surface area contributed by atoms with Crippen LogP contribution in [0.25, 0.3) is 0 Å². The molecular weight excluding hydrogens is 329 g/mol. The second kappa shape index (κ2) is 5.29. The highest BCUT2D eigenvalue weighted by atomic mass is 35.5. The number of halogens is 2. The third kappa shape index (κ3) is 2.69. The quantitative estimate of drug-likeness (QED) is 0.931. The molecule has 1 fully saturated rings. The molecule has 1 aliphatic rings. The van der Waals surface area contributed by atoms with Gasteiger partial charge in [0.1, 0.15) is 0 Å². The Balaban J connectivity index is 1.93. The Morgan fingerprint density at radius 2 is 1.62 bits per heavy atom. The number of benzene rings is 2. The highest BCUT2D eigenvalue weighted by Gasteiger charge is 2.57. The fourth-order valence-electron chi connectivity index (χ4n) is 2.61. The molecule has 0 aliphatic heterocycles. The van der Waals surface area contributed by atoms with Gasteiger partial charge in [0.15, 0.2) is 9.84 Å². The predicted octanol–water partition coefficient (Wildman–Crippen LogP) is 3.26. The topological polar surface area (TPSA) is 60.2 Å². The van der Waals surface area contributed by atoms with E-state index in [9.17, 15) is 8.42 Å². The first-order valence-electron chi connectivity index (χ1n) is 6.42. The Morgan fingerprint density at radius 1 is 0.952 bits per heavy atom. The van der Waals surface area contributed by atoms with Gasteiger partial charge in [-0.05, 0) is 42.0 Å². The van der Waals surface area contributed by atoms with E-state index >= 15 is 0 Å². The SMILES string of the molecule is N[C@H]1[C@H](c2cccc(Cl)c2)[C@@H]1S(=O)(=O)c1ccc(Cl)cc1. The van der Waals surface area contributed by atoms with E-state index in [1.54, 1.807) is 30.3 Å². The molecule has 110 valence electrons. The Labute approximate surface area is 133 Å². The molecule has 3 rings (SSSR count). The number of sulfone groups is 1. The zero-order chi connectivity index (χ0) is 15.2. The summed E-state index contributed by atoms with van der Waals surface area (Å²) in [5.41, 5.74) is 6.86. The second-order valence-electron chi connectivity index (χ2n) is 5.12. The smallest absolute Gasteiger partial charge is 0.183 e. The third-order valence-electron chi connectivity index (χ3n) is 3.74. The van der Waals surface area contributed by atoms with Gasteiger partial charge in [-0.1, -0.05) is 35.3 Å². The molecule has 3 nitrogen and oxygen atoms in total. The van der Waals surface area contributed by atoms with Crippen LogP contribution in [0.2, 0.25) is 10.0 Å². The fourth-order valence-corrected chi connectivity index (χ4v) is 4.98. The summed E-state index contributed by atoms with van der Waals surface area (Å²) >= 11 is 11.7. The van der Waals surface area contributed by atoms with E-state index in [2.05, 4.69) is 0 Å². The van der Waals surface area contributed by atoms with E-state index in [1.165, 1.54) is 12.1 Å². The minimum absolute atomic E-state index is 0.218. The minimum atomic E-state index is -3.47. The number of hydrogen-bond acceptors (Lipinski definition) is 3. The van der Waals surface area contributed by atoms with Crippen LogP contribution in [0, 0.1) is 0 Å². The molecule has 6 heteroatoms. The molecule has 2 N–H and O–H groups in total. The van der Waals surface area contributed by atoms with Crippen molar-refractivity contribution in [2.75, 3.05) is 0 Å². The normalized spacial score (nSPS) is 24.8. The molecule has 21 heavy (non-hydrogen) atoms. The molecule has 0 radical (unpaired) electrons. The largest absolute Gasteiger partial charge is 0.326 e. The maximum absolute atomic E-state index is 12.6. The van der Waals surface area contributed by atoms with Crippen LogP contribution in [-0.2, 0) is 9.84 Å². The molecule has 0 heterocycles. The van der Waals surface area contributed by atoms with Gasteiger partial charge in [-0.25, -0.2) is 8.42 Å². The zero-order valence-corrected chi connectivity index (χ0v) is 13.2. The molecule has 0 aromatic heterocycles. The summed E-state index contributed by atoms with van der Waals surface area (Å²) in [6.45, 7) is 0. The van der Waals surface area contributed by atoms with Crippen molar-refractivity contribution in [3.05, 3.63) is 64.1 Å². The summed E-state index contributed by atoms with van der Waals surface area (Å²) in [5, 5.41) is 0.465. The first kappa shape index (κ1) is 14.9. The van der Waals surface area contributed by atoms with Gasteiger partial charge in [0.05, 0.1) is 10.1 Å². The highest BCUT2D eigenvalue weighted by Crippen LogP contribution is 2.47. The monoisotopic (exact) mass is 341 g/mol. The summed E-state index contributed by atoms with van der Waals surface area (Å²) in [4.78, 5) is 0.247. The zero-order valence-electron chi connectivity index (χ0n) is 10.9. The van der Waals surface area contributed by atoms with Gasteiger partial charge in [-0.2, -0.15) is 0 Å². The van der Waals surface area contributed by atoms with Crippen LogP contribution in [-0.4, -0.2) is 19.7 Å². The maximum atomic E-state index is 12.6. The summed E-state index contributed by atoms with van der Waals surface area (Å²) in [7, 11) is -3.47.